The summed E-state index contributed by atoms with van der Waals surface area (Å²) in [5.74, 6) is -2.00. The van der Waals surface area contributed by atoms with E-state index in [2.05, 4.69) is 10.3 Å². The molecule has 100 valence electrons. The van der Waals surface area contributed by atoms with Gasteiger partial charge in [0, 0.05) is 6.20 Å². The molecule has 0 spiro atoms. The molecule has 1 heterocycles. The van der Waals surface area contributed by atoms with Crippen LogP contribution in [0, 0.1) is 17.1 Å². The molecule has 5 nitrogen and oxygen atoms in total. The maximum atomic E-state index is 13.7. The summed E-state index contributed by atoms with van der Waals surface area (Å²) < 4.78 is 13.7. The zero-order valence-electron chi connectivity index (χ0n) is 10.0. The van der Waals surface area contributed by atoms with Crippen molar-refractivity contribution in [2.45, 2.75) is 0 Å². The van der Waals surface area contributed by atoms with Gasteiger partial charge in [0.2, 0.25) is 0 Å². The number of carbonyl (C=O) groups is 1. The van der Waals surface area contributed by atoms with E-state index in [-0.39, 0.29) is 22.1 Å². The molecule has 0 radical (unpaired) electrons. The molecule has 0 saturated carbocycles. The topological polar surface area (TPSA) is 91.8 Å². The van der Waals surface area contributed by atoms with Crippen LogP contribution in [0.1, 0.15) is 15.9 Å². The van der Waals surface area contributed by atoms with E-state index in [1.165, 1.54) is 30.5 Å². The average molecular weight is 291 g/mol. The number of nitriles is 1. The number of hydrogen-bond donors (Lipinski definition) is 2. The summed E-state index contributed by atoms with van der Waals surface area (Å²) in [5, 5.41) is 11.5. The van der Waals surface area contributed by atoms with Crippen LogP contribution in [0.2, 0.25) is 5.02 Å². The Morgan fingerprint density at radius 1 is 1.45 bits per heavy atom. The Kier molecular flexibility index (Phi) is 3.82. The Hall–Kier alpha value is -2.65. The van der Waals surface area contributed by atoms with Crippen LogP contribution in [0.5, 0.6) is 0 Å². The summed E-state index contributed by atoms with van der Waals surface area (Å²) in [4.78, 5) is 15.5. The van der Waals surface area contributed by atoms with E-state index < -0.39 is 11.7 Å². The fourth-order valence-electron chi connectivity index (χ4n) is 1.52. The smallest absolute Gasteiger partial charge is 0.258 e. The molecule has 2 aromatic rings. The van der Waals surface area contributed by atoms with Gasteiger partial charge in [-0.1, -0.05) is 11.6 Å². The zero-order valence-corrected chi connectivity index (χ0v) is 10.8. The number of rotatable bonds is 2. The molecule has 1 aromatic carbocycles. The van der Waals surface area contributed by atoms with Crippen molar-refractivity contribution in [2.24, 2.45) is 0 Å². The van der Waals surface area contributed by atoms with Crippen molar-refractivity contribution in [1.29, 1.82) is 5.26 Å². The minimum Gasteiger partial charge on any atom is -0.381 e. The number of nitrogens with zero attached hydrogens (tertiary/aromatic N) is 2. The van der Waals surface area contributed by atoms with E-state index in [0.717, 1.165) is 0 Å². The number of nitrogens with two attached hydrogens (primary N) is 1. The fraction of sp³-hybridized carbons (Fsp3) is 0. The van der Waals surface area contributed by atoms with E-state index in [1.54, 1.807) is 0 Å². The van der Waals surface area contributed by atoms with Crippen molar-refractivity contribution in [3.05, 3.63) is 52.4 Å². The monoisotopic (exact) mass is 290 g/mol. The standard InChI is InChI=1S/C13H8ClFN4O/c14-9-2-1-7(6-16)5-10(9)19-13(20)8-3-4-18-12(17)11(8)15/h1-5H,(H2,17,18)(H,19,20). The first-order chi connectivity index (χ1) is 9.52. The Morgan fingerprint density at radius 3 is 2.90 bits per heavy atom. The summed E-state index contributed by atoms with van der Waals surface area (Å²) in [6.07, 6.45) is 1.22. The van der Waals surface area contributed by atoms with Gasteiger partial charge in [-0.05, 0) is 24.3 Å². The maximum absolute atomic E-state index is 13.7. The number of nitrogen functional groups attached to an aromatic ring is 1. The van der Waals surface area contributed by atoms with Crippen LogP contribution in [0.25, 0.3) is 0 Å². The number of hydrogen-bond acceptors (Lipinski definition) is 4. The van der Waals surface area contributed by atoms with Crippen LogP contribution in [0.4, 0.5) is 15.9 Å². The van der Waals surface area contributed by atoms with Gasteiger partial charge < -0.3 is 11.1 Å². The van der Waals surface area contributed by atoms with E-state index >= 15 is 0 Å². The number of pyridine rings is 1. The number of halogens is 2. The zero-order chi connectivity index (χ0) is 14.7. The van der Waals surface area contributed by atoms with E-state index in [0.29, 0.717) is 5.56 Å². The second-order valence-corrected chi connectivity index (χ2v) is 4.23. The molecule has 0 aliphatic carbocycles. The van der Waals surface area contributed by atoms with Crippen LogP contribution < -0.4 is 11.1 Å². The predicted molar refractivity (Wildman–Crippen MR) is 72.7 cm³/mol. The van der Waals surface area contributed by atoms with Gasteiger partial charge in [-0.15, -0.1) is 0 Å². The van der Waals surface area contributed by atoms with E-state index in [4.69, 9.17) is 22.6 Å². The Labute approximate surface area is 118 Å². The number of nitrogens with one attached hydrogen (secondary N) is 1. The highest BCUT2D eigenvalue weighted by molar-refractivity contribution is 6.34. The van der Waals surface area contributed by atoms with Crippen LogP contribution in [0.3, 0.4) is 0 Å². The Morgan fingerprint density at radius 2 is 2.20 bits per heavy atom. The third-order valence-corrected chi connectivity index (χ3v) is 2.83. The van der Waals surface area contributed by atoms with E-state index in [9.17, 15) is 9.18 Å². The van der Waals surface area contributed by atoms with Gasteiger partial charge >= 0.3 is 0 Å². The number of benzene rings is 1. The summed E-state index contributed by atoms with van der Waals surface area (Å²) in [6, 6.07) is 7.47. The first-order valence-corrected chi connectivity index (χ1v) is 5.81. The SMILES string of the molecule is N#Cc1ccc(Cl)c(NC(=O)c2ccnc(N)c2F)c1. The fourth-order valence-corrected chi connectivity index (χ4v) is 1.68. The Bertz CT molecular complexity index is 727. The molecule has 20 heavy (non-hydrogen) atoms. The second kappa shape index (κ2) is 5.55. The average Bonchev–Trinajstić information content (AvgIpc) is 2.44. The van der Waals surface area contributed by atoms with Crippen molar-refractivity contribution < 1.29 is 9.18 Å². The van der Waals surface area contributed by atoms with E-state index in [1.807, 2.05) is 6.07 Å². The molecule has 7 heteroatoms. The summed E-state index contributed by atoms with van der Waals surface area (Å²) in [7, 11) is 0. The molecule has 3 N–H and O–H groups in total. The highest BCUT2D eigenvalue weighted by Crippen LogP contribution is 2.24. The molecule has 0 bridgehead atoms. The largest absolute Gasteiger partial charge is 0.381 e. The molecule has 0 atom stereocenters. The van der Waals surface area contributed by atoms with Crippen LogP contribution in [-0.2, 0) is 0 Å². The van der Waals surface area contributed by atoms with Crippen LogP contribution >= 0.6 is 11.6 Å². The third kappa shape index (κ3) is 2.68. The first kappa shape index (κ1) is 13.8. The lowest BCUT2D eigenvalue weighted by Gasteiger charge is -2.08. The number of carbonyl (C=O) groups excluding carboxylic acids is 1. The van der Waals surface area contributed by atoms with Crippen molar-refractivity contribution >= 4 is 29.0 Å². The number of amides is 1. The molecular formula is C13H8ClFN4O. The predicted octanol–water partition coefficient (Wildman–Crippen LogP) is 2.58. The van der Waals surface area contributed by atoms with Gasteiger partial charge in [0.25, 0.3) is 5.91 Å². The van der Waals surface area contributed by atoms with Crippen molar-refractivity contribution in [3.63, 3.8) is 0 Å². The molecule has 0 fully saturated rings. The van der Waals surface area contributed by atoms with Crippen LogP contribution in [0.15, 0.2) is 30.5 Å². The molecule has 1 aromatic heterocycles. The van der Waals surface area contributed by atoms with Gasteiger partial charge in [0.15, 0.2) is 11.6 Å². The minimum absolute atomic E-state index is 0.213. The first-order valence-electron chi connectivity index (χ1n) is 5.44. The number of aromatic nitrogens is 1. The molecule has 0 aliphatic heterocycles. The van der Waals surface area contributed by atoms with Gasteiger partial charge in [-0.3, -0.25) is 4.79 Å². The van der Waals surface area contributed by atoms with Gasteiger partial charge in [-0.2, -0.15) is 5.26 Å². The molecule has 2 rings (SSSR count). The lowest BCUT2D eigenvalue weighted by molar-refractivity contribution is 0.102. The van der Waals surface area contributed by atoms with Crippen molar-refractivity contribution in [1.82, 2.24) is 4.98 Å². The molecule has 0 aliphatic rings. The van der Waals surface area contributed by atoms with Crippen LogP contribution in [-0.4, -0.2) is 10.9 Å². The maximum Gasteiger partial charge on any atom is 0.258 e. The quantitative estimate of drug-likeness (QED) is 0.889. The van der Waals surface area contributed by atoms with Gasteiger partial charge in [0.1, 0.15) is 0 Å². The molecule has 0 saturated heterocycles. The summed E-state index contributed by atoms with van der Waals surface area (Å²) >= 11 is 5.90. The molecular weight excluding hydrogens is 283 g/mol. The van der Waals surface area contributed by atoms with Crippen molar-refractivity contribution in [2.75, 3.05) is 11.1 Å². The summed E-state index contributed by atoms with van der Waals surface area (Å²) in [5.41, 5.74) is 5.57. The Balaban J connectivity index is 2.33. The highest BCUT2D eigenvalue weighted by atomic mass is 35.5. The third-order valence-electron chi connectivity index (χ3n) is 2.50. The minimum atomic E-state index is -0.905. The number of anilines is 2. The molecule has 1 amide bonds. The second-order valence-electron chi connectivity index (χ2n) is 3.82. The van der Waals surface area contributed by atoms with Crippen molar-refractivity contribution in [3.8, 4) is 6.07 Å². The van der Waals surface area contributed by atoms with Gasteiger partial charge in [0.05, 0.1) is 27.9 Å². The summed E-state index contributed by atoms with van der Waals surface area (Å²) in [6.45, 7) is 0. The normalized spacial score (nSPS) is 9.85. The lowest BCUT2D eigenvalue weighted by Crippen LogP contribution is -2.15. The highest BCUT2D eigenvalue weighted by Gasteiger charge is 2.16. The molecule has 0 unspecified atom stereocenters. The van der Waals surface area contributed by atoms with Gasteiger partial charge in [-0.25, -0.2) is 9.37 Å². The lowest BCUT2D eigenvalue weighted by atomic mass is 10.2.